The van der Waals surface area contributed by atoms with Crippen molar-refractivity contribution in [3.8, 4) is 11.5 Å². The summed E-state index contributed by atoms with van der Waals surface area (Å²) < 4.78 is 10.3. The van der Waals surface area contributed by atoms with Crippen molar-refractivity contribution < 1.29 is 28.8 Å². The summed E-state index contributed by atoms with van der Waals surface area (Å²) in [6.45, 7) is 4.65. The molecule has 0 radical (unpaired) electrons. The van der Waals surface area contributed by atoms with Gasteiger partial charge < -0.3 is 9.47 Å². The highest BCUT2D eigenvalue weighted by Crippen LogP contribution is 2.39. The van der Waals surface area contributed by atoms with Crippen LogP contribution in [-0.2, 0) is 9.47 Å². The minimum Gasteiger partial charge on any atom is -0.462 e. The molecular weight excluding hydrogens is 288 g/mol. The number of hydrogen-bond donors (Lipinski definition) is 0. The van der Waals surface area contributed by atoms with E-state index >= 15 is 0 Å². The second-order valence-electron chi connectivity index (χ2n) is 4.96. The Bertz CT molecular complexity index is 552. The topological polar surface area (TPSA) is 71.1 Å². The maximum atomic E-state index is 12.1. The maximum Gasteiger partial charge on any atom is 0.346 e. The van der Waals surface area contributed by atoms with Crippen LogP contribution in [0.5, 0.6) is 11.5 Å². The Morgan fingerprint density at radius 3 is 2.23 bits per heavy atom. The highest BCUT2D eigenvalue weighted by atomic mass is 17.2. The molecular formula is C16H20O6. The summed E-state index contributed by atoms with van der Waals surface area (Å²) >= 11 is 0. The molecule has 0 fully saturated rings. The van der Waals surface area contributed by atoms with Gasteiger partial charge in [0.2, 0.25) is 5.75 Å². The Morgan fingerprint density at radius 1 is 0.955 bits per heavy atom. The van der Waals surface area contributed by atoms with E-state index in [2.05, 4.69) is 0 Å². The fourth-order valence-electron chi connectivity index (χ4n) is 1.93. The van der Waals surface area contributed by atoms with Crippen LogP contribution in [0.4, 0.5) is 0 Å². The fourth-order valence-corrected chi connectivity index (χ4v) is 1.93. The van der Waals surface area contributed by atoms with Crippen LogP contribution >= 0.6 is 0 Å². The molecule has 120 valence electrons. The van der Waals surface area contributed by atoms with Crippen molar-refractivity contribution in [2.24, 2.45) is 0 Å². The molecule has 2 rings (SSSR count). The monoisotopic (exact) mass is 308 g/mol. The van der Waals surface area contributed by atoms with Crippen molar-refractivity contribution in [3.05, 3.63) is 23.3 Å². The van der Waals surface area contributed by atoms with E-state index < -0.39 is 11.9 Å². The van der Waals surface area contributed by atoms with E-state index in [1.807, 2.05) is 13.8 Å². The number of rotatable bonds is 8. The summed E-state index contributed by atoms with van der Waals surface area (Å²) in [6, 6.07) is 3.03. The van der Waals surface area contributed by atoms with Gasteiger partial charge >= 0.3 is 11.9 Å². The molecule has 0 N–H and O–H groups in total. The Morgan fingerprint density at radius 2 is 1.59 bits per heavy atom. The van der Waals surface area contributed by atoms with Crippen LogP contribution in [0.15, 0.2) is 12.1 Å². The van der Waals surface area contributed by atoms with E-state index in [-0.39, 0.29) is 22.6 Å². The van der Waals surface area contributed by atoms with Crippen LogP contribution in [-0.4, -0.2) is 25.2 Å². The molecule has 0 unspecified atom stereocenters. The summed E-state index contributed by atoms with van der Waals surface area (Å²) in [5.74, 6) is -0.774. The lowest BCUT2D eigenvalue weighted by molar-refractivity contribution is -0.0853. The van der Waals surface area contributed by atoms with Gasteiger partial charge in [-0.1, -0.05) is 26.7 Å². The SMILES string of the molecule is CCCCOC(=O)c1ccc2c(C(=O)OCCCC)c1OO2. The molecule has 22 heavy (non-hydrogen) atoms. The molecule has 6 heteroatoms. The summed E-state index contributed by atoms with van der Waals surface area (Å²) in [4.78, 5) is 34.1. The summed E-state index contributed by atoms with van der Waals surface area (Å²) in [5, 5.41) is 0. The molecule has 1 aliphatic heterocycles. The van der Waals surface area contributed by atoms with E-state index in [0.717, 1.165) is 25.7 Å². The van der Waals surface area contributed by atoms with Gasteiger partial charge in [-0.05, 0) is 25.0 Å². The lowest BCUT2D eigenvalue weighted by Crippen LogP contribution is -2.10. The van der Waals surface area contributed by atoms with Gasteiger partial charge in [-0.3, -0.25) is 9.78 Å². The molecule has 1 aliphatic rings. The van der Waals surface area contributed by atoms with Crippen LogP contribution in [0, 0.1) is 0 Å². The molecule has 0 saturated heterocycles. The number of unbranched alkanes of at least 4 members (excludes halogenated alkanes) is 2. The molecule has 0 spiro atoms. The lowest BCUT2D eigenvalue weighted by Gasteiger charge is -2.06. The lowest BCUT2D eigenvalue weighted by atomic mass is 10.1. The third-order valence-electron chi connectivity index (χ3n) is 3.22. The van der Waals surface area contributed by atoms with Gasteiger partial charge in [0.15, 0.2) is 11.3 Å². The minimum atomic E-state index is -0.556. The maximum absolute atomic E-state index is 12.1. The van der Waals surface area contributed by atoms with Gasteiger partial charge in [-0.25, -0.2) is 9.59 Å². The average Bonchev–Trinajstić information content (AvgIpc) is 2.81. The van der Waals surface area contributed by atoms with Crippen molar-refractivity contribution in [1.82, 2.24) is 0 Å². The van der Waals surface area contributed by atoms with E-state index in [4.69, 9.17) is 19.2 Å². The van der Waals surface area contributed by atoms with Crippen LogP contribution < -0.4 is 9.78 Å². The first-order valence-corrected chi connectivity index (χ1v) is 7.54. The van der Waals surface area contributed by atoms with Crippen LogP contribution in [0.3, 0.4) is 0 Å². The van der Waals surface area contributed by atoms with Gasteiger partial charge in [0, 0.05) is 0 Å². The van der Waals surface area contributed by atoms with Crippen LogP contribution in [0.25, 0.3) is 0 Å². The molecule has 0 saturated carbocycles. The predicted molar refractivity (Wildman–Crippen MR) is 78.1 cm³/mol. The Labute approximate surface area is 129 Å². The summed E-state index contributed by atoms with van der Waals surface area (Å²) in [5.41, 5.74) is 0.306. The van der Waals surface area contributed by atoms with Crippen molar-refractivity contribution in [2.75, 3.05) is 13.2 Å². The third kappa shape index (κ3) is 3.50. The standard InChI is InChI=1S/C16H20O6/c1-3-5-9-19-15(17)11-7-8-12-13(14(11)22-21-12)16(18)20-10-6-4-2/h7-8H,3-6,9-10H2,1-2H3. The van der Waals surface area contributed by atoms with Crippen molar-refractivity contribution in [3.63, 3.8) is 0 Å². The smallest absolute Gasteiger partial charge is 0.346 e. The summed E-state index contributed by atoms with van der Waals surface area (Å²) in [6.07, 6.45) is 3.40. The molecule has 0 amide bonds. The van der Waals surface area contributed by atoms with E-state index in [9.17, 15) is 9.59 Å². The normalized spacial score (nSPS) is 11.5. The first kappa shape index (κ1) is 16.1. The molecule has 0 atom stereocenters. The van der Waals surface area contributed by atoms with Crippen LogP contribution in [0.1, 0.15) is 60.2 Å². The zero-order valence-electron chi connectivity index (χ0n) is 12.8. The molecule has 1 aromatic rings. The highest BCUT2D eigenvalue weighted by molar-refractivity contribution is 6.02. The van der Waals surface area contributed by atoms with Gasteiger partial charge in [0.05, 0.1) is 13.2 Å². The minimum absolute atomic E-state index is 0.0699. The molecule has 0 aromatic heterocycles. The number of benzene rings is 1. The Hall–Kier alpha value is -2.24. The van der Waals surface area contributed by atoms with Gasteiger partial charge in [0.1, 0.15) is 5.56 Å². The summed E-state index contributed by atoms with van der Waals surface area (Å²) in [7, 11) is 0. The zero-order valence-corrected chi connectivity index (χ0v) is 12.8. The molecule has 1 heterocycles. The molecule has 2 bridgehead atoms. The molecule has 1 aromatic carbocycles. The van der Waals surface area contributed by atoms with E-state index in [0.29, 0.717) is 13.2 Å². The average molecular weight is 308 g/mol. The number of ether oxygens (including phenoxy) is 2. The first-order chi connectivity index (χ1) is 10.7. The van der Waals surface area contributed by atoms with Crippen molar-refractivity contribution >= 4 is 11.9 Å². The predicted octanol–water partition coefficient (Wildman–Crippen LogP) is 3.29. The molecule has 0 aliphatic carbocycles. The largest absolute Gasteiger partial charge is 0.462 e. The van der Waals surface area contributed by atoms with E-state index in [1.54, 1.807) is 0 Å². The number of hydrogen-bond acceptors (Lipinski definition) is 6. The quantitative estimate of drug-likeness (QED) is 0.417. The van der Waals surface area contributed by atoms with Crippen molar-refractivity contribution in [2.45, 2.75) is 39.5 Å². The van der Waals surface area contributed by atoms with Gasteiger partial charge in [-0.15, -0.1) is 0 Å². The van der Waals surface area contributed by atoms with E-state index in [1.165, 1.54) is 12.1 Å². The number of fused-ring (bicyclic) bond motifs is 2. The van der Waals surface area contributed by atoms with Crippen LogP contribution in [0.2, 0.25) is 0 Å². The molecule has 6 nitrogen and oxygen atoms in total. The van der Waals surface area contributed by atoms with Gasteiger partial charge in [-0.2, -0.15) is 0 Å². The fraction of sp³-hybridized carbons (Fsp3) is 0.500. The number of carbonyl (C=O) groups is 2. The van der Waals surface area contributed by atoms with Crippen molar-refractivity contribution in [1.29, 1.82) is 0 Å². The zero-order chi connectivity index (χ0) is 15.9. The Balaban J connectivity index is 2.13. The highest BCUT2D eigenvalue weighted by Gasteiger charge is 2.33. The second kappa shape index (κ2) is 7.68. The Kier molecular flexibility index (Phi) is 5.63. The second-order valence-corrected chi connectivity index (χ2v) is 4.96. The van der Waals surface area contributed by atoms with Gasteiger partial charge in [0.25, 0.3) is 0 Å². The third-order valence-corrected chi connectivity index (χ3v) is 3.22. The first-order valence-electron chi connectivity index (χ1n) is 7.54. The number of esters is 2. The number of carbonyl (C=O) groups excluding carboxylic acids is 2.